The summed E-state index contributed by atoms with van der Waals surface area (Å²) in [7, 11) is 0. The molecule has 2 aliphatic heterocycles. The Hall–Kier alpha value is -3.34. The van der Waals surface area contributed by atoms with E-state index < -0.39 is 11.4 Å². The van der Waals surface area contributed by atoms with Crippen LogP contribution in [0.2, 0.25) is 0 Å². The second kappa shape index (κ2) is 5.33. The number of nitrogens with one attached hydrogen (secondary N) is 1. The number of fused-ring (bicyclic) bond motifs is 2. The minimum absolute atomic E-state index is 0.302. The molecule has 27 heavy (non-hydrogen) atoms. The van der Waals surface area contributed by atoms with Gasteiger partial charge in [0.1, 0.15) is 28.5 Å². The maximum Gasteiger partial charge on any atom is 0.260 e. The lowest BCUT2D eigenvalue weighted by atomic mass is 9.96. The van der Waals surface area contributed by atoms with E-state index in [1.165, 1.54) is 12.1 Å². The number of halogens is 1. The second-order valence-electron chi connectivity index (χ2n) is 7.20. The van der Waals surface area contributed by atoms with Crippen LogP contribution in [0.3, 0.4) is 0 Å². The van der Waals surface area contributed by atoms with E-state index in [1.54, 1.807) is 6.07 Å². The topological polar surface area (TPSA) is 51.5 Å². The minimum Gasteiger partial charge on any atom is -0.482 e. The Morgan fingerprint density at radius 1 is 1.07 bits per heavy atom. The fraction of sp³-hybridized carbons (Fsp3) is 0.136. The van der Waals surface area contributed by atoms with E-state index in [2.05, 4.69) is 5.32 Å². The van der Waals surface area contributed by atoms with Crippen LogP contribution in [0.15, 0.2) is 64.8 Å². The maximum absolute atomic E-state index is 13.5. The van der Waals surface area contributed by atoms with Crippen LogP contribution in [0.5, 0.6) is 0 Å². The molecule has 0 aliphatic carbocycles. The lowest BCUT2D eigenvalue weighted by Crippen LogP contribution is -2.21. The Labute approximate surface area is 154 Å². The Bertz CT molecular complexity index is 1150. The molecule has 0 unspecified atom stereocenters. The van der Waals surface area contributed by atoms with Gasteiger partial charge in [0.05, 0.1) is 11.3 Å². The van der Waals surface area contributed by atoms with Crippen molar-refractivity contribution in [1.29, 1.82) is 0 Å². The summed E-state index contributed by atoms with van der Waals surface area (Å²) in [5, 5.41) is 3.70. The normalized spacial score (nSPS) is 20.4. The van der Waals surface area contributed by atoms with E-state index in [9.17, 15) is 9.18 Å². The predicted molar refractivity (Wildman–Crippen MR) is 101 cm³/mol. The van der Waals surface area contributed by atoms with Crippen LogP contribution in [0.1, 0.15) is 25.2 Å². The number of allylic oxidation sites excluding steroid dienone is 1. The summed E-state index contributed by atoms with van der Waals surface area (Å²) < 4.78 is 25.6. The fourth-order valence-corrected chi connectivity index (χ4v) is 3.66. The van der Waals surface area contributed by atoms with Crippen LogP contribution < -0.4 is 5.32 Å². The molecule has 0 saturated carbocycles. The van der Waals surface area contributed by atoms with Crippen molar-refractivity contribution in [2.75, 3.05) is 5.32 Å². The molecule has 0 saturated heterocycles. The molecule has 5 heteroatoms. The first-order valence-electron chi connectivity index (χ1n) is 8.68. The van der Waals surface area contributed by atoms with E-state index in [0.717, 1.165) is 16.5 Å². The molecule has 2 aromatic carbocycles. The summed E-state index contributed by atoms with van der Waals surface area (Å²) >= 11 is 0. The molecule has 0 bridgehead atoms. The number of carbonyl (C=O) groups excluding carboxylic acids is 1. The van der Waals surface area contributed by atoms with Crippen LogP contribution in [0, 0.1) is 5.82 Å². The van der Waals surface area contributed by atoms with Crippen molar-refractivity contribution in [3.05, 3.63) is 77.5 Å². The number of furan rings is 1. The van der Waals surface area contributed by atoms with Gasteiger partial charge in [-0.2, -0.15) is 0 Å². The van der Waals surface area contributed by atoms with Gasteiger partial charge < -0.3 is 14.5 Å². The van der Waals surface area contributed by atoms with Gasteiger partial charge in [-0.3, -0.25) is 4.79 Å². The third-order valence-corrected chi connectivity index (χ3v) is 4.95. The lowest BCUT2D eigenvalue weighted by Gasteiger charge is -2.22. The standard InChI is InChI=1S/C22H16FNO3/c1-22(2)15(18-9-12-5-3-4-6-17(12)26-18)11-19(27-22)20-14-8-7-13(23)10-16(14)24-21(20)25/h3-11H,1-2H3,(H,24,25)/b20-19+. The quantitative estimate of drug-likeness (QED) is 0.612. The zero-order valence-electron chi connectivity index (χ0n) is 14.8. The van der Waals surface area contributed by atoms with E-state index in [0.29, 0.717) is 28.3 Å². The molecule has 4 nitrogen and oxygen atoms in total. The number of para-hydroxylation sites is 1. The highest BCUT2D eigenvalue weighted by molar-refractivity contribution is 6.32. The molecule has 3 heterocycles. The average molecular weight is 361 g/mol. The molecule has 2 aliphatic rings. The molecule has 0 radical (unpaired) electrons. The molecular weight excluding hydrogens is 345 g/mol. The van der Waals surface area contributed by atoms with Gasteiger partial charge in [0.25, 0.3) is 5.91 Å². The van der Waals surface area contributed by atoms with Crippen molar-refractivity contribution in [3.8, 4) is 0 Å². The number of hydrogen-bond donors (Lipinski definition) is 1. The second-order valence-corrected chi connectivity index (χ2v) is 7.20. The maximum atomic E-state index is 13.5. The van der Waals surface area contributed by atoms with Crippen LogP contribution >= 0.6 is 0 Å². The van der Waals surface area contributed by atoms with Gasteiger partial charge in [-0.15, -0.1) is 0 Å². The fourth-order valence-electron chi connectivity index (χ4n) is 3.66. The third-order valence-electron chi connectivity index (χ3n) is 4.95. The molecule has 1 aromatic heterocycles. The van der Waals surface area contributed by atoms with Crippen molar-refractivity contribution in [1.82, 2.24) is 0 Å². The number of amides is 1. The van der Waals surface area contributed by atoms with Crippen molar-refractivity contribution in [3.63, 3.8) is 0 Å². The molecule has 0 spiro atoms. The monoisotopic (exact) mass is 361 g/mol. The van der Waals surface area contributed by atoms with Crippen molar-refractivity contribution >= 4 is 33.7 Å². The number of ether oxygens (including phenoxy) is 1. The minimum atomic E-state index is -0.667. The summed E-state index contributed by atoms with van der Waals surface area (Å²) in [6.45, 7) is 3.86. The number of carbonyl (C=O) groups is 1. The van der Waals surface area contributed by atoms with Crippen LogP contribution in [-0.2, 0) is 9.53 Å². The molecule has 1 N–H and O–H groups in total. The Morgan fingerprint density at radius 3 is 2.70 bits per heavy atom. The van der Waals surface area contributed by atoms with Gasteiger partial charge in [-0.25, -0.2) is 4.39 Å². The SMILES string of the molecule is CC1(C)O/C(=C2/C(=O)Nc3cc(F)ccc32)C=C1c1cc2ccccc2o1. The van der Waals surface area contributed by atoms with Gasteiger partial charge in [-0.05, 0) is 50.3 Å². The van der Waals surface area contributed by atoms with Gasteiger partial charge in [-0.1, -0.05) is 18.2 Å². The lowest BCUT2D eigenvalue weighted by molar-refractivity contribution is -0.111. The first-order valence-corrected chi connectivity index (χ1v) is 8.68. The molecule has 0 atom stereocenters. The molecule has 3 aromatic rings. The van der Waals surface area contributed by atoms with Gasteiger partial charge in [0, 0.05) is 16.5 Å². The first kappa shape index (κ1) is 15.9. The van der Waals surface area contributed by atoms with Gasteiger partial charge in [0.2, 0.25) is 0 Å². The highest BCUT2D eigenvalue weighted by atomic mass is 19.1. The number of anilines is 1. The zero-order chi connectivity index (χ0) is 18.8. The summed E-state index contributed by atoms with van der Waals surface area (Å²) in [5.74, 6) is 0.461. The van der Waals surface area contributed by atoms with Crippen molar-refractivity contribution < 1.29 is 18.3 Å². The van der Waals surface area contributed by atoms with Gasteiger partial charge >= 0.3 is 0 Å². The van der Waals surface area contributed by atoms with Crippen molar-refractivity contribution in [2.45, 2.75) is 19.4 Å². The third kappa shape index (κ3) is 2.39. The number of hydrogen-bond acceptors (Lipinski definition) is 3. The molecule has 134 valence electrons. The predicted octanol–water partition coefficient (Wildman–Crippen LogP) is 5.13. The Balaban J connectivity index is 1.67. The van der Waals surface area contributed by atoms with Crippen LogP contribution in [0.25, 0.3) is 22.1 Å². The van der Waals surface area contributed by atoms with E-state index in [-0.39, 0.29) is 5.91 Å². The summed E-state index contributed by atoms with van der Waals surface area (Å²) in [6, 6.07) is 14.0. The van der Waals surface area contributed by atoms with Crippen molar-refractivity contribution in [2.24, 2.45) is 0 Å². The smallest absolute Gasteiger partial charge is 0.260 e. The number of benzene rings is 2. The number of rotatable bonds is 1. The molecule has 0 fully saturated rings. The summed E-state index contributed by atoms with van der Waals surface area (Å²) in [5.41, 5.74) is 2.47. The Morgan fingerprint density at radius 2 is 1.89 bits per heavy atom. The van der Waals surface area contributed by atoms with E-state index in [1.807, 2.05) is 50.3 Å². The van der Waals surface area contributed by atoms with Gasteiger partial charge in [0.15, 0.2) is 0 Å². The van der Waals surface area contributed by atoms with E-state index in [4.69, 9.17) is 9.15 Å². The summed E-state index contributed by atoms with van der Waals surface area (Å²) in [6.07, 6.45) is 1.84. The molecule has 1 amide bonds. The molecular formula is C22H16FNO3. The highest BCUT2D eigenvalue weighted by Gasteiger charge is 2.39. The molecule has 5 rings (SSSR count). The Kier molecular flexibility index (Phi) is 3.13. The van der Waals surface area contributed by atoms with Crippen LogP contribution in [-0.4, -0.2) is 11.5 Å². The highest BCUT2D eigenvalue weighted by Crippen LogP contribution is 2.45. The van der Waals surface area contributed by atoms with Crippen LogP contribution in [0.4, 0.5) is 10.1 Å². The van der Waals surface area contributed by atoms with E-state index >= 15 is 0 Å². The largest absolute Gasteiger partial charge is 0.482 e. The zero-order valence-corrected chi connectivity index (χ0v) is 14.8. The average Bonchev–Trinajstić information content (AvgIpc) is 3.25. The summed E-state index contributed by atoms with van der Waals surface area (Å²) in [4.78, 5) is 12.5. The first-order chi connectivity index (χ1) is 12.9.